The molecule has 9 nitrogen and oxygen atoms in total. The third kappa shape index (κ3) is 4.30. The molecular weight excluding hydrogens is 442 g/mol. The highest BCUT2D eigenvalue weighted by molar-refractivity contribution is 7.99. The van der Waals surface area contributed by atoms with Crippen molar-refractivity contribution in [3.63, 3.8) is 0 Å². The van der Waals surface area contributed by atoms with Crippen LogP contribution in [0.1, 0.15) is 24.4 Å². The van der Waals surface area contributed by atoms with Crippen LogP contribution < -0.4 is 20.1 Å². The Morgan fingerprint density at radius 2 is 1.94 bits per heavy atom. The second-order valence-corrected chi connectivity index (χ2v) is 8.78. The SMILES string of the molecule is COc1ccc(-c2nnc(SCC(=O)N3CCCC3c3ccc4c(c3)OCCO4)n2N)cc1. The topological polar surface area (TPSA) is 105 Å². The zero-order valence-electron chi connectivity index (χ0n) is 18.3. The van der Waals surface area contributed by atoms with Gasteiger partial charge in [0.05, 0.1) is 18.9 Å². The maximum atomic E-state index is 13.1. The van der Waals surface area contributed by atoms with Crippen molar-refractivity contribution in [2.75, 3.05) is 38.5 Å². The van der Waals surface area contributed by atoms with Gasteiger partial charge in [0.2, 0.25) is 11.1 Å². The number of ether oxygens (including phenoxy) is 3. The molecule has 0 aliphatic carbocycles. The smallest absolute Gasteiger partial charge is 0.233 e. The summed E-state index contributed by atoms with van der Waals surface area (Å²) in [4.78, 5) is 15.0. The minimum absolute atomic E-state index is 0.0273. The number of methoxy groups -OCH3 is 1. The Morgan fingerprint density at radius 3 is 2.73 bits per heavy atom. The Bertz CT molecular complexity index is 1150. The number of thioether (sulfide) groups is 1. The van der Waals surface area contributed by atoms with Crippen LogP contribution in [0.4, 0.5) is 0 Å². The number of carbonyl (C=O) groups is 1. The number of nitrogens with zero attached hydrogens (tertiary/aromatic N) is 4. The molecule has 172 valence electrons. The first-order chi connectivity index (χ1) is 16.1. The monoisotopic (exact) mass is 467 g/mol. The summed E-state index contributed by atoms with van der Waals surface area (Å²) >= 11 is 1.29. The molecule has 2 N–H and O–H groups in total. The van der Waals surface area contributed by atoms with Crippen LogP contribution in [0.5, 0.6) is 17.2 Å². The maximum Gasteiger partial charge on any atom is 0.233 e. The lowest BCUT2D eigenvalue weighted by atomic mass is 10.0. The number of hydrogen-bond donors (Lipinski definition) is 1. The predicted molar refractivity (Wildman–Crippen MR) is 124 cm³/mol. The fraction of sp³-hybridized carbons (Fsp3) is 0.348. The fourth-order valence-corrected chi connectivity index (χ4v) is 4.94. The summed E-state index contributed by atoms with van der Waals surface area (Å²) in [7, 11) is 1.62. The molecule has 10 heteroatoms. The highest BCUT2D eigenvalue weighted by atomic mass is 32.2. The van der Waals surface area contributed by atoms with E-state index in [9.17, 15) is 4.79 Å². The Hall–Kier alpha value is -3.40. The van der Waals surface area contributed by atoms with Gasteiger partial charge in [0.1, 0.15) is 19.0 Å². The number of likely N-dealkylation sites (tertiary alicyclic amines) is 1. The Balaban J connectivity index is 1.26. The van der Waals surface area contributed by atoms with Crippen molar-refractivity contribution in [2.45, 2.75) is 24.0 Å². The van der Waals surface area contributed by atoms with Crippen molar-refractivity contribution in [1.29, 1.82) is 0 Å². The molecule has 0 saturated carbocycles. The van der Waals surface area contributed by atoms with E-state index in [2.05, 4.69) is 10.2 Å². The molecule has 0 radical (unpaired) electrons. The van der Waals surface area contributed by atoms with E-state index in [1.165, 1.54) is 16.4 Å². The van der Waals surface area contributed by atoms with Gasteiger partial charge in [0, 0.05) is 12.1 Å². The van der Waals surface area contributed by atoms with Crippen molar-refractivity contribution in [3.8, 4) is 28.6 Å². The van der Waals surface area contributed by atoms with Crippen LogP contribution in [0.25, 0.3) is 11.4 Å². The normalized spacial score (nSPS) is 17.2. The zero-order chi connectivity index (χ0) is 22.8. The molecule has 2 aliphatic rings. The van der Waals surface area contributed by atoms with Crippen LogP contribution in [0, 0.1) is 0 Å². The van der Waals surface area contributed by atoms with E-state index < -0.39 is 0 Å². The molecule has 2 aromatic carbocycles. The van der Waals surface area contributed by atoms with Crippen molar-refractivity contribution in [2.24, 2.45) is 0 Å². The predicted octanol–water partition coefficient (Wildman–Crippen LogP) is 2.89. The van der Waals surface area contributed by atoms with Gasteiger partial charge in [-0.3, -0.25) is 4.79 Å². The van der Waals surface area contributed by atoms with Crippen LogP contribution in [0.2, 0.25) is 0 Å². The summed E-state index contributed by atoms with van der Waals surface area (Å²) in [5.74, 6) is 9.28. The van der Waals surface area contributed by atoms with E-state index in [0.717, 1.165) is 47.8 Å². The van der Waals surface area contributed by atoms with Gasteiger partial charge in [-0.1, -0.05) is 17.8 Å². The summed E-state index contributed by atoms with van der Waals surface area (Å²) in [5, 5.41) is 8.86. The fourth-order valence-electron chi connectivity index (χ4n) is 4.20. The minimum atomic E-state index is 0.0273. The van der Waals surface area contributed by atoms with Crippen LogP contribution in [-0.4, -0.2) is 58.3 Å². The van der Waals surface area contributed by atoms with E-state index >= 15 is 0 Å². The molecule has 3 heterocycles. The Kier molecular flexibility index (Phi) is 5.99. The standard InChI is InChI=1S/C23H25N5O4S/c1-30-17-7-4-15(5-8-17)22-25-26-23(28(22)24)33-14-21(29)27-10-2-3-18(27)16-6-9-19-20(13-16)32-12-11-31-19/h4-9,13,18H,2-3,10-12,14,24H2,1H3. The second kappa shape index (κ2) is 9.22. The summed E-state index contributed by atoms with van der Waals surface area (Å²) < 4.78 is 17.9. The summed E-state index contributed by atoms with van der Waals surface area (Å²) in [6.07, 6.45) is 1.88. The van der Waals surface area contributed by atoms with Gasteiger partial charge in [0.25, 0.3) is 0 Å². The van der Waals surface area contributed by atoms with Gasteiger partial charge in [-0.15, -0.1) is 10.2 Å². The first-order valence-corrected chi connectivity index (χ1v) is 11.8. The molecule has 1 atom stereocenters. The summed E-state index contributed by atoms with van der Waals surface area (Å²) in [5.41, 5.74) is 1.89. The van der Waals surface area contributed by atoms with E-state index in [1.807, 2.05) is 47.4 Å². The average molecular weight is 468 g/mol. The third-order valence-electron chi connectivity index (χ3n) is 5.86. The number of amides is 1. The lowest BCUT2D eigenvalue weighted by Gasteiger charge is -2.26. The molecule has 0 spiro atoms. The highest BCUT2D eigenvalue weighted by Gasteiger charge is 2.31. The van der Waals surface area contributed by atoms with Crippen molar-refractivity contribution in [3.05, 3.63) is 48.0 Å². The maximum absolute atomic E-state index is 13.1. The minimum Gasteiger partial charge on any atom is -0.497 e. The molecule has 1 saturated heterocycles. The molecular formula is C23H25N5O4S. The number of hydrogen-bond acceptors (Lipinski definition) is 8. The largest absolute Gasteiger partial charge is 0.497 e. The van der Waals surface area contributed by atoms with E-state index in [0.29, 0.717) is 24.2 Å². The van der Waals surface area contributed by atoms with E-state index in [4.69, 9.17) is 20.1 Å². The first kappa shape index (κ1) is 21.4. The molecule has 1 amide bonds. The Morgan fingerprint density at radius 1 is 1.15 bits per heavy atom. The zero-order valence-corrected chi connectivity index (χ0v) is 19.1. The lowest BCUT2D eigenvalue weighted by molar-refractivity contribution is -0.129. The number of nitrogen functional groups attached to an aromatic ring is 1. The van der Waals surface area contributed by atoms with Gasteiger partial charge in [0.15, 0.2) is 17.3 Å². The molecule has 0 bridgehead atoms. The third-order valence-corrected chi connectivity index (χ3v) is 6.79. The van der Waals surface area contributed by atoms with Gasteiger partial charge >= 0.3 is 0 Å². The Labute approximate surface area is 195 Å². The summed E-state index contributed by atoms with van der Waals surface area (Å²) in [6.45, 7) is 1.83. The van der Waals surface area contributed by atoms with Crippen LogP contribution in [0.15, 0.2) is 47.6 Å². The molecule has 1 aromatic heterocycles. The number of benzene rings is 2. The quantitative estimate of drug-likeness (QED) is 0.436. The van der Waals surface area contributed by atoms with E-state index in [1.54, 1.807) is 7.11 Å². The number of nitrogens with two attached hydrogens (primary N) is 1. The molecule has 1 fully saturated rings. The van der Waals surface area contributed by atoms with Crippen LogP contribution in [0.3, 0.4) is 0 Å². The molecule has 33 heavy (non-hydrogen) atoms. The second-order valence-electron chi connectivity index (χ2n) is 7.84. The molecule has 3 aromatic rings. The average Bonchev–Trinajstić information content (AvgIpc) is 3.49. The first-order valence-electron chi connectivity index (χ1n) is 10.8. The number of aromatic nitrogens is 3. The van der Waals surface area contributed by atoms with Crippen molar-refractivity contribution < 1.29 is 19.0 Å². The molecule has 1 unspecified atom stereocenters. The molecule has 5 rings (SSSR count). The molecule has 2 aliphatic heterocycles. The van der Waals surface area contributed by atoms with Gasteiger partial charge < -0.3 is 25.0 Å². The number of rotatable bonds is 6. The van der Waals surface area contributed by atoms with Gasteiger partial charge in [-0.25, -0.2) is 4.68 Å². The lowest BCUT2D eigenvalue weighted by Crippen LogP contribution is -2.32. The number of carbonyl (C=O) groups excluding carboxylic acids is 1. The van der Waals surface area contributed by atoms with Gasteiger partial charge in [-0.2, -0.15) is 0 Å². The van der Waals surface area contributed by atoms with Gasteiger partial charge in [-0.05, 0) is 54.8 Å². The van der Waals surface area contributed by atoms with Crippen molar-refractivity contribution >= 4 is 17.7 Å². The van der Waals surface area contributed by atoms with Crippen LogP contribution >= 0.6 is 11.8 Å². The van der Waals surface area contributed by atoms with Crippen molar-refractivity contribution in [1.82, 2.24) is 19.8 Å². The van der Waals surface area contributed by atoms with Crippen LogP contribution in [-0.2, 0) is 4.79 Å². The summed E-state index contributed by atoms with van der Waals surface area (Å²) in [6, 6.07) is 13.4. The highest BCUT2D eigenvalue weighted by Crippen LogP contribution is 2.38. The van der Waals surface area contributed by atoms with E-state index in [-0.39, 0.29) is 17.7 Å². The number of fused-ring (bicyclic) bond motifs is 1.